The Morgan fingerprint density at radius 2 is 1.92 bits per heavy atom. The second-order valence-corrected chi connectivity index (χ2v) is 9.62. The molecule has 3 heterocycles. The lowest BCUT2D eigenvalue weighted by Crippen LogP contribution is -2.48. The van der Waals surface area contributed by atoms with E-state index in [1.54, 1.807) is 24.0 Å². The third-order valence-corrected chi connectivity index (χ3v) is 7.07. The molecule has 0 saturated carbocycles. The molecule has 0 bridgehead atoms. The lowest BCUT2D eigenvalue weighted by Gasteiger charge is -2.34. The Hall–Kier alpha value is -3.65. The van der Waals surface area contributed by atoms with Gasteiger partial charge in [0.2, 0.25) is 5.91 Å². The number of hydrogen-bond donors (Lipinski definition) is 0. The number of esters is 1. The predicted octanol–water partition coefficient (Wildman–Crippen LogP) is 3.93. The van der Waals surface area contributed by atoms with Crippen LogP contribution in [-0.2, 0) is 27.4 Å². The van der Waals surface area contributed by atoms with E-state index in [1.165, 1.54) is 0 Å². The van der Waals surface area contributed by atoms with Crippen LogP contribution in [0.3, 0.4) is 0 Å². The molecule has 1 aromatic heterocycles. The smallest absolute Gasteiger partial charge is 0.360 e. The zero-order valence-corrected chi connectivity index (χ0v) is 21.1. The van der Waals surface area contributed by atoms with Gasteiger partial charge in [0.25, 0.3) is 0 Å². The molecule has 2 aliphatic heterocycles. The molecular weight excluding hydrogens is 472 g/mol. The molecule has 1 saturated heterocycles. The Kier molecular flexibility index (Phi) is 7.55. The van der Waals surface area contributed by atoms with Crippen molar-refractivity contribution >= 4 is 28.5 Å². The SMILES string of the molecule is CCOC(=O)C1CCCN(CC(=O)N2CCCc3c2c(=O)oc2ccc(OCc4ccccc4)cc32)C1. The van der Waals surface area contributed by atoms with E-state index < -0.39 is 5.63 Å². The molecule has 0 radical (unpaired) electrons. The molecule has 8 heteroatoms. The molecule has 0 spiro atoms. The topological polar surface area (TPSA) is 89.3 Å². The van der Waals surface area contributed by atoms with Crippen LogP contribution in [0.1, 0.15) is 37.3 Å². The molecule has 37 heavy (non-hydrogen) atoms. The molecule has 0 aliphatic carbocycles. The number of benzene rings is 2. The molecule has 3 aromatic rings. The van der Waals surface area contributed by atoms with Gasteiger partial charge in [-0.3, -0.25) is 14.5 Å². The van der Waals surface area contributed by atoms with Gasteiger partial charge in [-0.1, -0.05) is 30.3 Å². The van der Waals surface area contributed by atoms with E-state index in [0.717, 1.165) is 42.3 Å². The number of fused-ring (bicyclic) bond motifs is 3. The first kappa shape index (κ1) is 25.0. The maximum atomic E-state index is 13.4. The maximum absolute atomic E-state index is 13.4. The summed E-state index contributed by atoms with van der Waals surface area (Å²) >= 11 is 0. The van der Waals surface area contributed by atoms with E-state index in [1.807, 2.05) is 41.3 Å². The lowest BCUT2D eigenvalue weighted by molar-refractivity contribution is -0.150. The molecule has 194 valence electrons. The zero-order chi connectivity index (χ0) is 25.8. The van der Waals surface area contributed by atoms with Crippen molar-refractivity contribution in [3.05, 3.63) is 70.1 Å². The van der Waals surface area contributed by atoms with Crippen molar-refractivity contribution in [3.63, 3.8) is 0 Å². The van der Waals surface area contributed by atoms with Crippen LogP contribution in [0, 0.1) is 5.92 Å². The van der Waals surface area contributed by atoms with E-state index in [-0.39, 0.29) is 24.3 Å². The first-order valence-corrected chi connectivity index (χ1v) is 13.0. The fraction of sp³-hybridized carbons (Fsp3) is 0.414. The van der Waals surface area contributed by atoms with Crippen LogP contribution >= 0.6 is 0 Å². The molecule has 5 rings (SSSR count). The molecule has 1 unspecified atom stereocenters. The van der Waals surface area contributed by atoms with Gasteiger partial charge in [-0.05, 0) is 68.5 Å². The van der Waals surface area contributed by atoms with Gasteiger partial charge < -0.3 is 18.8 Å². The lowest BCUT2D eigenvalue weighted by atomic mass is 9.97. The third kappa shape index (κ3) is 5.54. The fourth-order valence-electron chi connectivity index (χ4n) is 5.29. The number of ether oxygens (including phenoxy) is 2. The molecule has 1 atom stereocenters. The van der Waals surface area contributed by atoms with Gasteiger partial charge >= 0.3 is 11.6 Å². The van der Waals surface area contributed by atoms with Gasteiger partial charge in [-0.15, -0.1) is 0 Å². The molecule has 2 aromatic carbocycles. The van der Waals surface area contributed by atoms with Crippen LogP contribution in [0.2, 0.25) is 0 Å². The molecule has 0 N–H and O–H groups in total. The minimum Gasteiger partial charge on any atom is -0.489 e. The fourth-order valence-corrected chi connectivity index (χ4v) is 5.29. The van der Waals surface area contributed by atoms with Crippen molar-refractivity contribution in [2.45, 2.75) is 39.2 Å². The van der Waals surface area contributed by atoms with E-state index in [4.69, 9.17) is 13.9 Å². The minimum absolute atomic E-state index is 0.146. The van der Waals surface area contributed by atoms with Crippen LogP contribution in [0.15, 0.2) is 57.7 Å². The van der Waals surface area contributed by atoms with Gasteiger partial charge in [-0.25, -0.2) is 4.79 Å². The number of piperidine rings is 1. The molecule has 1 fully saturated rings. The number of rotatable bonds is 7. The maximum Gasteiger partial charge on any atom is 0.360 e. The number of carbonyl (C=O) groups is 2. The van der Waals surface area contributed by atoms with E-state index in [0.29, 0.717) is 49.7 Å². The normalized spacial score (nSPS) is 17.9. The standard InChI is InChI=1S/C29H32N2O6/c1-2-35-28(33)21-10-6-14-30(17-21)18-26(32)31-15-7-11-23-24-16-22(36-19-20-8-4-3-5-9-20)12-13-25(24)37-29(34)27(23)31/h3-5,8-9,12-13,16,21H,2,6-7,10-11,14-15,17-19H2,1H3. The van der Waals surface area contributed by atoms with Gasteiger partial charge in [0, 0.05) is 18.5 Å². The Labute approximate surface area is 215 Å². The molecule has 8 nitrogen and oxygen atoms in total. The summed E-state index contributed by atoms with van der Waals surface area (Å²) in [5.41, 5.74) is 2.18. The van der Waals surface area contributed by atoms with Crippen LogP contribution in [0.4, 0.5) is 5.69 Å². The average Bonchev–Trinajstić information content (AvgIpc) is 2.92. The highest BCUT2D eigenvalue weighted by Crippen LogP contribution is 2.33. The Morgan fingerprint density at radius 3 is 2.73 bits per heavy atom. The van der Waals surface area contributed by atoms with Crippen molar-refractivity contribution in [2.75, 3.05) is 37.7 Å². The highest BCUT2D eigenvalue weighted by atomic mass is 16.5. The number of carbonyl (C=O) groups excluding carboxylic acids is 2. The van der Waals surface area contributed by atoms with Gasteiger partial charge in [-0.2, -0.15) is 0 Å². The summed E-state index contributed by atoms with van der Waals surface area (Å²) in [6.07, 6.45) is 3.02. The predicted molar refractivity (Wildman–Crippen MR) is 140 cm³/mol. The number of nitrogens with zero attached hydrogens (tertiary/aromatic N) is 2. The van der Waals surface area contributed by atoms with Crippen molar-refractivity contribution < 1.29 is 23.5 Å². The number of amides is 1. The first-order valence-electron chi connectivity index (χ1n) is 13.0. The Bertz CT molecular complexity index is 1340. The average molecular weight is 505 g/mol. The monoisotopic (exact) mass is 504 g/mol. The summed E-state index contributed by atoms with van der Waals surface area (Å²) in [4.78, 5) is 42.2. The summed E-state index contributed by atoms with van der Waals surface area (Å²) in [6.45, 7) is 4.40. The molecular formula is C29H32N2O6. The van der Waals surface area contributed by atoms with Gasteiger partial charge in [0.05, 0.1) is 19.1 Å². The van der Waals surface area contributed by atoms with Gasteiger partial charge in [0.15, 0.2) is 0 Å². The van der Waals surface area contributed by atoms with E-state index in [2.05, 4.69) is 0 Å². The van der Waals surface area contributed by atoms with Crippen LogP contribution in [0.5, 0.6) is 5.75 Å². The van der Waals surface area contributed by atoms with E-state index >= 15 is 0 Å². The van der Waals surface area contributed by atoms with Crippen molar-refractivity contribution in [3.8, 4) is 5.75 Å². The van der Waals surface area contributed by atoms with Crippen LogP contribution in [0.25, 0.3) is 11.0 Å². The van der Waals surface area contributed by atoms with Crippen molar-refractivity contribution in [2.24, 2.45) is 5.92 Å². The highest BCUT2D eigenvalue weighted by Gasteiger charge is 2.32. The Balaban J connectivity index is 1.36. The summed E-state index contributed by atoms with van der Waals surface area (Å²) in [7, 11) is 0. The number of likely N-dealkylation sites (tertiary alicyclic amines) is 1. The number of anilines is 1. The number of hydrogen-bond acceptors (Lipinski definition) is 7. The molecule has 2 aliphatic rings. The van der Waals surface area contributed by atoms with Crippen LogP contribution < -0.4 is 15.3 Å². The summed E-state index contributed by atoms with van der Waals surface area (Å²) < 4.78 is 16.8. The van der Waals surface area contributed by atoms with Crippen LogP contribution in [-0.4, -0.2) is 49.6 Å². The largest absolute Gasteiger partial charge is 0.489 e. The minimum atomic E-state index is -0.503. The Morgan fingerprint density at radius 1 is 1.08 bits per heavy atom. The summed E-state index contributed by atoms with van der Waals surface area (Å²) in [6, 6.07) is 15.3. The second-order valence-electron chi connectivity index (χ2n) is 9.62. The summed E-state index contributed by atoms with van der Waals surface area (Å²) in [5.74, 6) is 0.0848. The molecule has 1 amide bonds. The first-order chi connectivity index (χ1) is 18.0. The van der Waals surface area contributed by atoms with E-state index in [9.17, 15) is 14.4 Å². The summed E-state index contributed by atoms with van der Waals surface area (Å²) in [5, 5.41) is 0.790. The zero-order valence-electron chi connectivity index (χ0n) is 21.1. The van der Waals surface area contributed by atoms with Crippen molar-refractivity contribution in [1.82, 2.24) is 4.90 Å². The highest BCUT2D eigenvalue weighted by molar-refractivity contribution is 5.98. The number of aryl methyl sites for hydroxylation is 1. The van der Waals surface area contributed by atoms with Gasteiger partial charge in [0.1, 0.15) is 23.6 Å². The quantitative estimate of drug-likeness (QED) is 0.356. The van der Waals surface area contributed by atoms with Crippen molar-refractivity contribution in [1.29, 1.82) is 0 Å². The second kappa shape index (κ2) is 11.2. The third-order valence-electron chi connectivity index (χ3n) is 7.07.